The zero-order valence-electron chi connectivity index (χ0n) is 14.3. The average molecular weight is 410 g/mol. The highest BCUT2D eigenvalue weighted by atomic mass is 32.3. The Balaban J connectivity index is 2.17. The molecule has 0 N–H and O–H groups in total. The van der Waals surface area contributed by atoms with Gasteiger partial charge >= 0.3 is 20.2 Å². The summed E-state index contributed by atoms with van der Waals surface area (Å²) in [6, 6.07) is 10.3. The molecule has 0 unspecified atom stereocenters. The Kier molecular flexibility index (Phi) is 6.78. The maximum atomic E-state index is 12.3. The van der Waals surface area contributed by atoms with E-state index < -0.39 is 20.2 Å². The molecule has 0 saturated carbocycles. The fraction of sp³-hybridized carbons (Fsp3) is 0.111. The number of hydrogen-bond donors (Lipinski definition) is 0. The average Bonchev–Trinajstić information content (AvgIpc) is 2.64. The van der Waals surface area contributed by atoms with Crippen LogP contribution in [-0.2, 0) is 23.9 Å². The van der Waals surface area contributed by atoms with E-state index in [1.54, 1.807) is 0 Å². The molecular weight excluding hydrogens is 392 g/mol. The first kappa shape index (κ1) is 20.7. The van der Waals surface area contributed by atoms with E-state index in [4.69, 9.17) is 9.47 Å². The second kappa shape index (κ2) is 8.85. The zero-order valence-corrected chi connectivity index (χ0v) is 15.9. The quantitative estimate of drug-likeness (QED) is 0.556. The van der Waals surface area contributed by atoms with Gasteiger partial charge in [0.05, 0.1) is 9.79 Å². The van der Waals surface area contributed by atoms with Crippen molar-refractivity contribution in [3.63, 3.8) is 0 Å². The van der Waals surface area contributed by atoms with Gasteiger partial charge < -0.3 is 9.47 Å². The van der Waals surface area contributed by atoms with Gasteiger partial charge in [0.1, 0.15) is 24.7 Å². The van der Waals surface area contributed by atoms with Crippen LogP contribution >= 0.6 is 0 Å². The largest absolute Gasteiger partial charge is 0.490 e. The van der Waals surface area contributed by atoms with Crippen molar-refractivity contribution in [2.24, 2.45) is 0 Å². The smallest absolute Gasteiger partial charge is 0.311 e. The lowest BCUT2D eigenvalue weighted by atomic mass is 10.3. The lowest BCUT2D eigenvalue weighted by Gasteiger charge is -2.08. The molecule has 2 aromatic rings. The van der Waals surface area contributed by atoms with Crippen LogP contribution in [0.2, 0.25) is 0 Å². The minimum Gasteiger partial charge on any atom is -0.490 e. The minimum absolute atomic E-state index is 0.253. The molecule has 144 valence electrons. The Bertz CT molecular complexity index is 907. The molecule has 0 bridgehead atoms. The summed E-state index contributed by atoms with van der Waals surface area (Å²) in [5, 5.41) is 0. The van der Waals surface area contributed by atoms with Gasteiger partial charge in [-0.05, 0) is 48.5 Å². The highest BCUT2D eigenvalue weighted by molar-refractivity contribution is 7.99. The maximum absolute atomic E-state index is 12.3. The molecule has 2 aromatic carbocycles. The lowest BCUT2D eigenvalue weighted by molar-refractivity contribution is 0.363. The number of hydrogen-bond acceptors (Lipinski definition) is 7. The van der Waals surface area contributed by atoms with E-state index in [1.165, 1.54) is 60.7 Å². The Labute approximate surface area is 158 Å². The van der Waals surface area contributed by atoms with E-state index >= 15 is 0 Å². The van der Waals surface area contributed by atoms with E-state index in [-0.39, 0.29) is 23.0 Å². The summed E-state index contributed by atoms with van der Waals surface area (Å²) in [5.41, 5.74) is 0. The Morgan fingerprint density at radius 2 is 1.00 bits per heavy atom. The fourth-order valence-corrected chi connectivity index (χ4v) is 4.42. The summed E-state index contributed by atoms with van der Waals surface area (Å²) < 4.78 is 64.0. The summed E-state index contributed by atoms with van der Waals surface area (Å²) in [5.74, 6) is 0.818. The molecule has 0 fully saturated rings. The second-order valence-corrected chi connectivity index (χ2v) is 8.42. The van der Waals surface area contributed by atoms with Gasteiger partial charge in [0, 0.05) is 0 Å². The van der Waals surface area contributed by atoms with Crippen molar-refractivity contribution in [2.45, 2.75) is 9.79 Å². The normalized spacial score (nSPS) is 11.6. The maximum Gasteiger partial charge on any atom is 0.311 e. The molecule has 0 saturated heterocycles. The van der Waals surface area contributed by atoms with E-state index in [0.717, 1.165) is 0 Å². The molecule has 0 atom stereocenters. The van der Waals surface area contributed by atoms with Crippen molar-refractivity contribution in [2.75, 3.05) is 13.2 Å². The number of ether oxygens (including phenoxy) is 2. The Morgan fingerprint density at radius 1 is 0.667 bits per heavy atom. The van der Waals surface area contributed by atoms with Gasteiger partial charge in [0.2, 0.25) is 0 Å². The van der Waals surface area contributed by atoms with E-state index in [1.807, 2.05) is 0 Å². The van der Waals surface area contributed by atoms with Crippen LogP contribution in [0, 0.1) is 0 Å². The van der Waals surface area contributed by atoms with Crippen LogP contribution in [-0.4, -0.2) is 30.0 Å². The van der Waals surface area contributed by atoms with Gasteiger partial charge in [-0.2, -0.15) is 16.8 Å². The molecule has 7 nitrogen and oxygen atoms in total. The summed E-state index contributed by atoms with van der Waals surface area (Å²) in [6.45, 7) is 7.51. The van der Waals surface area contributed by atoms with Crippen LogP contribution in [0.15, 0.2) is 83.6 Å². The molecular formula is C18H18O7S2. The third-order valence-corrected chi connectivity index (χ3v) is 6.27. The number of rotatable bonds is 10. The molecule has 9 heteroatoms. The van der Waals surface area contributed by atoms with Crippen LogP contribution in [0.4, 0.5) is 0 Å². The molecule has 0 heterocycles. The summed E-state index contributed by atoms with van der Waals surface area (Å²) in [4.78, 5) is -0.633. The predicted molar refractivity (Wildman–Crippen MR) is 99.7 cm³/mol. The van der Waals surface area contributed by atoms with Gasteiger partial charge in [-0.1, -0.05) is 25.3 Å². The standard InChI is InChI=1S/C18H18O7S2/c1-3-13-23-15-5-9-17(10-6-15)26(19,20)25-27(21,22)18-11-7-16(8-12-18)24-14-4-2/h3-12H,1-2,13-14H2. The summed E-state index contributed by atoms with van der Waals surface area (Å²) in [6.07, 6.45) is 3.07. The first-order valence-corrected chi connectivity index (χ1v) is 10.5. The van der Waals surface area contributed by atoms with Gasteiger partial charge in [-0.15, -0.1) is 3.63 Å². The van der Waals surface area contributed by atoms with Crippen molar-refractivity contribution in [3.8, 4) is 11.5 Å². The monoisotopic (exact) mass is 410 g/mol. The van der Waals surface area contributed by atoms with Gasteiger partial charge in [0.25, 0.3) is 0 Å². The summed E-state index contributed by atoms with van der Waals surface area (Å²) >= 11 is 0. The minimum atomic E-state index is -4.54. The molecule has 0 spiro atoms. The fourth-order valence-electron chi connectivity index (χ4n) is 1.91. The molecule has 0 aliphatic rings. The summed E-state index contributed by atoms with van der Waals surface area (Å²) in [7, 11) is -9.07. The predicted octanol–water partition coefficient (Wildman–Crippen LogP) is 2.91. The first-order valence-electron chi connectivity index (χ1n) is 7.67. The molecule has 27 heavy (non-hydrogen) atoms. The number of benzene rings is 2. The zero-order chi connectivity index (χ0) is 19.9. The Morgan fingerprint density at radius 3 is 1.30 bits per heavy atom. The highest BCUT2D eigenvalue weighted by Gasteiger charge is 2.26. The van der Waals surface area contributed by atoms with Crippen LogP contribution in [0.25, 0.3) is 0 Å². The van der Waals surface area contributed by atoms with Crippen molar-refractivity contribution < 1.29 is 29.9 Å². The van der Waals surface area contributed by atoms with Crippen LogP contribution in [0.5, 0.6) is 11.5 Å². The molecule has 0 aliphatic carbocycles. The third-order valence-electron chi connectivity index (χ3n) is 3.14. The van der Waals surface area contributed by atoms with Crippen LogP contribution in [0.3, 0.4) is 0 Å². The SMILES string of the molecule is C=CCOc1ccc(S(=O)(=O)OS(=O)(=O)c2ccc(OCC=C)cc2)cc1. The Hall–Kier alpha value is -2.62. The first-order chi connectivity index (χ1) is 12.8. The van der Waals surface area contributed by atoms with Crippen molar-refractivity contribution >= 4 is 20.2 Å². The molecule has 2 rings (SSSR count). The van der Waals surface area contributed by atoms with Crippen molar-refractivity contribution in [1.29, 1.82) is 0 Å². The third kappa shape index (κ3) is 5.68. The van der Waals surface area contributed by atoms with E-state index in [2.05, 4.69) is 16.8 Å². The van der Waals surface area contributed by atoms with E-state index in [0.29, 0.717) is 11.5 Å². The van der Waals surface area contributed by atoms with Gasteiger partial charge in [-0.25, -0.2) is 0 Å². The van der Waals surface area contributed by atoms with Crippen molar-refractivity contribution in [3.05, 3.63) is 73.8 Å². The van der Waals surface area contributed by atoms with Crippen LogP contribution in [0.1, 0.15) is 0 Å². The molecule has 0 aromatic heterocycles. The lowest BCUT2D eigenvalue weighted by Crippen LogP contribution is -2.14. The molecule has 0 amide bonds. The molecule has 0 aliphatic heterocycles. The van der Waals surface area contributed by atoms with Gasteiger partial charge in [-0.3, -0.25) is 0 Å². The topological polar surface area (TPSA) is 96.0 Å². The second-order valence-electron chi connectivity index (χ2n) is 5.12. The molecule has 0 radical (unpaired) electrons. The van der Waals surface area contributed by atoms with Crippen molar-refractivity contribution in [1.82, 2.24) is 0 Å². The van der Waals surface area contributed by atoms with Crippen LogP contribution < -0.4 is 9.47 Å². The highest BCUT2D eigenvalue weighted by Crippen LogP contribution is 2.23. The van der Waals surface area contributed by atoms with E-state index in [9.17, 15) is 16.8 Å². The van der Waals surface area contributed by atoms with Gasteiger partial charge in [0.15, 0.2) is 0 Å².